The minimum Gasteiger partial charge on any atom is -0.294 e. The van der Waals surface area contributed by atoms with Crippen molar-refractivity contribution in [1.29, 1.82) is 0 Å². The number of amides is 1. The van der Waals surface area contributed by atoms with Crippen LogP contribution in [0.3, 0.4) is 0 Å². The number of anilines is 1. The molecule has 0 aliphatic carbocycles. The van der Waals surface area contributed by atoms with Crippen LogP contribution in [-0.4, -0.2) is 11.7 Å². The monoisotopic (exact) mass is 275 g/mol. The third kappa shape index (κ3) is 2.06. The molecule has 0 bridgehead atoms. The first-order valence-electron chi connectivity index (χ1n) is 5.79. The molecular formula is C14H13NOS2. The highest BCUT2D eigenvalue weighted by Gasteiger charge is 2.34. The number of carbonyl (C=O) groups excluding carboxylic acids is 1. The third-order valence-electron chi connectivity index (χ3n) is 2.97. The number of hydrogen-bond acceptors (Lipinski definition) is 3. The van der Waals surface area contributed by atoms with Crippen LogP contribution in [0.5, 0.6) is 0 Å². The molecule has 0 saturated carbocycles. The maximum atomic E-state index is 12.1. The Kier molecular flexibility index (Phi) is 3.14. The summed E-state index contributed by atoms with van der Waals surface area (Å²) in [5.74, 6) is 0.762. The fourth-order valence-electron chi connectivity index (χ4n) is 2.05. The second kappa shape index (κ2) is 4.78. The Morgan fingerprint density at radius 2 is 2.00 bits per heavy atom. The van der Waals surface area contributed by atoms with E-state index in [0.717, 1.165) is 5.69 Å². The van der Waals surface area contributed by atoms with Gasteiger partial charge in [0.15, 0.2) is 0 Å². The fraction of sp³-hybridized carbons (Fsp3) is 0.214. The molecule has 92 valence electrons. The van der Waals surface area contributed by atoms with Crippen LogP contribution in [0.4, 0.5) is 5.69 Å². The van der Waals surface area contributed by atoms with Gasteiger partial charge in [-0.2, -0.15) is 0 Å². The molecule has 1 aliphatic heterocycles. The van der Waals surface area contributed by atoms with Gasteiger partial charge in [-0.3, -0.25) is 9.69 Å². The smallest absolute Gasteiger partial charge is 0.238 e. The van der Waals surface area contributed by atoms with E-state index in [1.54, 1.807) is 23.1 Å². The maximum absolute atomic E-state index is 12.1. The van der Waals surface area contributed by atoms with Crippen molar-refractivity contribution in [2.24, 2.45) is 0 Å². The molecule has 0 radical (unpaired) electrons. The summed E-state index contributed by atoms with van der Waals surface area (Å²) in [7, 11) is 0. The molecule has 0 N–H and O–H groups in total. The summed E-state index contributed by atoms with van der Waals surface area (Å²) < 4.78 is 0. The molecule has 1 atom stereocenters. The molecule has 0 spiro atoms. The van der Waals surface area contributed by atoms with Gasteiger partial charge in [0.05, 0.1) is 5.75 Å². The molecule has 3 rings (SSSR count). The predicted molar refractivity (Wildman–Crippen MR) is 78.2 cm³/mol. The summed E-state index contributed by atoms with van der Waals surface area (Å²) in [5.41, 5.74) is 2.21. The van der Waals surface area contributed by atoms with E-state index in [9.17, 15) is 4.79 Å². The van der Waals surface area contributed by atoms with E-state index in [0.29, 0.717) is 5.75 Å². The van der Waals surface area contributed by atoms with E-state index in [4.69, 9.17) is 0 Å². The van der Waals surface area contributed by atoms with Crippen LogP contribution in [0.2, 0.25) is 0 Å². The van der Waals surface area contributed by atoms with Gasteiger partial charge in [-0.15, -0.1) is 23.1 Å². The highest BCUT2D eigenvalue weighted by atomic mass is 32.2. The van der Waals surface area contributed by atoms with Crippen LogP contribution in [0.1, 0.15) is 15.8 Å². The zero-order valence-corrected chi connectivity index (χ0v) is 11.6. The number of carbonyl (C=O) groups is 1. The topological polar surface area (TPSA) is 20.3 Å². The third-order valence-corrected chi connectivity index (χ3v) is 5.23. The second-order valence-electron chi connectivity index (χ2n) is 4.28. The zero-order valence-electron chi connectivity index (χ0n) is 10.00. The van der Waals surface area contributed by atoms with Crippen LogP contribution in [0.25, 0.3) is 0 Å². The molecule has 1 aliphatic rings. The minimum atomic E-state index is 0.139. The predicted octanol–water partition coefficient (Wildman–Crippen LogP) is 3.84. The number of hydrogen-bond donors (Lipinski definition) is 0. The van der Waals surface area contributed by atoms with Crippen molar-refractivity contribution < 1.29 is 4.79 Å². The molecule has 0 unspecified atom stereocenters. The van der Waals surface area contributed by atoms with E-state index in [1.165, 1.54) is 10.4 Å². The molecule has 1 aromatic heterocycles. The number of thiophene rings is 1. The maximum Gasteiger partial charge on any atom is 0.238 e. The number of aryl methyl sites for hydroxylation is 1. The molecule has 2 aromatic rings. The Hall–Kier alpha value is -1.26. The second-order valence-corrected chi connectivity index (χ2v) is 6.33. The van der Waals surface area contributed by atoms with Gasteiger partial charge >= 0.3 is 0 Å². The zero-order chi connectivity index (χ0) is 12.5. The van der Waals surface area contributed by atoms with Crippen molar-refractivity contribution in [2.45, 2.75) is 12.3 Å². The Morgan fingerprint density at radius 3 is 2.67 bits per heavy atom. The Labute approximate surface area is 115 Å². The van der Waals surface area contributed by atoms with Gasteiger partial charge in [0, 0.05) is 10.6 Å². The van der Waals surface area contributed by atoms with Crippen LogP contribution >= 0.6 is 23.1 Å². The van der Waals surface area contributed by atoms with Gasteiger partial charge in [0.1, 0.15) is 5.37 Å². The van der Waals surface area contributed by atoms with Crippen LogP contribution in [0.15, 0.2) is 41.8 Å². The molecule has 2 heterocycles. The van der Waals surface area contributed by atoms with E-state index < -0.39 is 0 Å². The molecule has 1 saturated heterocycles. The van der Waals surface area contributed by atoms with Gasteiger partial charge in [0.25, 0.3) is 0 Å². The van der Waals surface area contributed by atoms with Crippen LogP contribution in [-0.2, 0) is 4.79 Å². The first kappa shape index (κ1) is 11.8. The highest BCUT2D eigenvalue weighted by Crippen LogP contribution is 2.43. The summed E-state index contributed by atoms with van der Waals surface area (Å²) in [6, 6.07) is 12.3. The largest absolute Gasteiger partial charge is 0.294 e. The van der Waals surface area contributed by atoms with E-state index in [1.807, 2.05) is 23.1 Å². The summed E-state index contributed by atoms with van der Waals surface area (Å²) in [6.07, 6.45) is 0. The fourth-order valence-corrected chi connectivity index (χ4v) is 4.19. The molecule has 4 heteroatoms. The summed E-state index contributed by atoms with van der Waals surface area (Å²) in [4.78, 5) is 15.2. The van der Waals surface area contributed by atoms with Crippen molar-refractivity contribution in [3.05, 3.63) is 52.2 Å². The standard InChI is InChI=1S/C14H13NOS2/c1-10-4-6-11(7-5-10)15-13(16)9-18-14(15)12-3-2-8-17-12/h2-8,14H,9H2,1H3/t14-/m0/s1. The summed E-state index contributed by atoms with van der Waals surface area (Å²) in [5, 5.41) is 2.20. The van der Waals surface area contributed by atoms with Crippen LogP contribution in [0, 0.1) is 6.92 Å². The molecule has 1 aromatic carbocycles. The van der Waals surface area contributed by atoms with Gasteiger partial charge in [-0.25, -0.2) is 0 Å². The highest BCUT2D eigenvalue weighted by molar-refractivity contribution is 8.01. The quantitative estimate of drug-likeness (QED) is 0.830. The lowest BCUT2D eigenvalue weighted by atomic mass is 10.2. The van der Waals surface area contributed by atoms with Gasteiger partial charge in [0.2, 0.25) is 5.91 Å². The van der Waals surface area contributed by atoms with Crippen molar-refractivity contribution in [3.63, 3.8) is 0 Å². The van der Waals surface area contributed by atoms with Crippen molar-refractivity contribution >= 4 is 34.7 Å². The lowest BCUT2D eigenvalue weighted by Crippen LogP contribution is -2.27. The average molecular weight is 275 g/mol. The number of rotatable bonds is 2. The number of nitrogens with zero attached hydrogens (tertiary/aromatic N) is 1. The Balaban J connectivity index is 1.97. The van der Waals surface area contributed by atoms with Gasteiger partial charge < -0.3 is 0 Å². The molecule has 2 nitrogen and oxygen atoms in total. The Morgan fingerprint density at radius 1 is 1.22 bits per heavy atom. The average Bonchev–Trinajstić information content (AvgIpc) is 2.99. The first-order chi connectivity index (χ1) is 8.75. The number of thioether (sulfide) groups is 1. The van der Waals surface area contributed by atoms with Crippen molar-refractivity contribution in [3.8, 4) is 0 Å². The molecule has 18 heavy (non-hydrogen) atoms. The molecular weight excluding hydrogens is 262 g/mol. The first-order valence-corrected chi connectivity index (χ1v) is 7.72. The van der Waals surface area contributed by atoms with E-state index in [2.05, 4.69) is 30.5 Å². The SMILES string of the molecule is Cc1ccc(N2C(=O)CS[C@H]2c2cccs2)cc1. The van der Waals surface area contributed by atoms with Crippen molar-refractivity contribution in [2.75, 3.05) is 10.7 Å². The van der Waals surface area contributed by atoms with E-state index >= 15 is 0 Å². The summed E-state index contributed by atoms with van der Waals surface area (Å²) in [6.45, 7) is 2.06. The van der Waals surface area contributed by atoms with Crippen molar-refractivity contribution in [1.82, 2.24) is 0 Å². The summed E-state index contributed by atoms with van der Waals surface area (Å²) >= 11 is 3.41. The Bertz CT molecular complexity index is 548. The van der Waals surface area contributed by atoms with E-state index in [-0.39, 0.29) is 11.3 Å². The molecule has 1 fully saturated rings. The van der Waals surface area contributed by atoms with Gasteiger partial charge in [-0.1, -0.05) is 23.8 Å². The minimum absolute atomic E-state index is 0.139. The van der Waals surface area contributed by atoms with Gasteiger partial charge in [-0.05, 0) is 30.5 Å². The lowest BCUT2D eigenvalue weighted by molar-refractivity contribution is -0.115. The normalized spacial score (nSPS) is 19.5. The lowest BCUT2D eigenvalue weighted by Gasteiger charge is -2.23. The number of benzene rings is 1. The van der Waals surface area contributed by atoms with Crippen LogP contribution < -0.4 is 4.90 Å². The molecule has 1 amide bonds.